The van der Waals surface area contributed by atoms with E-state index < -0.39 is 0 Å². The summed E-state index contributed by atoms with van der Waals surface area (Å²) in [7, 11) is 1.51. The minimum absolute atomic E-state index is 0.0340. The summed E-state index contributed by atoms with van der Waals surface area (Å²) in [5.41, 5.74) is 7.89. The van der Waals surface area contributed by atoms with Crippen molar-refractivity contribution in [3.8, 4) is 22.8 Å². The van der Waals surface area contributed by atoms with Crippen LogP contribution in [-0.4, -0.2) is 17.4 Å². The fourth-order valence-electron chi connectivity index (χ4n) is 1.73. The van der Waals surface area contributed by atoms with Crippen molar-refractivity contribution in [2.75, 3.05) is 12.8 Å². The van der Waals surface area contributed by atoms with E-state index in [0.717, 1.165) is 11.1 Å². The van der Waals surface area contributed by atoms with Gasteiger partial charge in [0.1, 0.15) is 0 Å². The molecule has 0 bridgehead atoms. The number of aryl methyl sites for hydroxylation is 1. The summed E-state index contributed by atoms with van der Waals surface area (Å²) < 4.78 is 10.2. The first-order valence-electron chi connectivity index (χ1n) is 5.14. The standard InChI is InChI=1S/C12H14N2O3/c1-6-4-8(9-5-10(13)14-17-9)11(15)12(16-3)7(6)2/h4-5,15H,1-3H3,(H2,13,14). The van der Waals surface area contributed by atoms with E-state index >= 15 is 0 Å². The van der Waals surface area contributed by atoms with Crippen molar-refractivity contribution in [2.45, 2.75) is 13.8 Å². The summed E-state index contributed by atoms with van der Waals surface area (Å²) >= 11 is 0. The Morgan fingerprint density at radius 1 is 1.35 bits per heavy atom. The molecular formula is C12H14N2O3. The Balaban J connectivity index is 2.67. The fraction of sp³-hybridized carbons (Fsp3) is 0.250. The van der Waals surface area contributed by atoms with Gasteiger partial charge in [0.05, 0.1) is 12.7 Å². The highest BCUT2D eigenvalue weighted by Crippen LogP contribution is 2.41. The van der Waals surface area contributed by atoms with Gasteiger partial charge in [-0.1, -0.05) is 5.16 Å². The molecule has 0 aliphatic carbocycles. The third-order valence-electron chi connectivity index (χ3n) is 2.76. The molecule has 0 saturated carbocycles. The number of aromatic hydroxyl groups is 1. The van der Waals surface area contributed by atoms with E-state index in [1.165, 1.54) is 7.11 Å². The second kappa shape index (κ2) is 4.01. The Kier molecular flexibility index (Phi) is 2.67. The van der Waals surface area contributed by atoms with Crippen LogP contribution in [0, 0.1) is 13.8 Å². The number of hydrogen-bond donors (Lipinski definition) is 2. The zero-order valence-electron chi connectivity index (χ0n) is 9.94. The summed E-state index contributed by atoms with van der Waals surface area (Å²) in [5.74, 6) is 1.17. The molecule has 5 heteroatoms. The van der Waals surface area contributed by atoms with Crippen LogP contribution in [0.25, 0.3) is 11.3 Å². The van der Waals surface area contributed by atoms with Crippen LogP contribution in [0.4, 0.5) is 5.82 Å². The van der Waals surface area contributed by atoms with E-state index in [1.807, 2.05) is 19.9 Å². The van der Waals surface area contributed by atoms with Gasteiger partial charge in [0.25, 0.3) is 0 Å². The normalized spacial score (nSPS) is 10.5. The van der Waals surface area contributed by atoms with E-state index in [1.54, 1.807) is 6.07 Å². The predicted molar refractivity (Wildman–Crippen MR) is 64.0 cm³/mol. The number of nitrogens with two attached hydrogens (primary N) is 1. The van der Waals surface area contributed by atoms with Crippen LogP contribution in [0.15, 0.2) is 16.7 Å². The largest absolute Gasteiger partial charge is 0.504 e. The average Bonchev–Trinajstić information content (AvgIpc) is 2.71. The number of anilines is 1. The molecule has 90 valence electrons. The summed E-state index contributed by atoms with van der Waals surface area (Å²) in [4.78, 5) is 0. The van der Waals surface area contributed by atoms with Gasteiger partial charge in [-0.25, -0.2) is 0 Å². The van der Waals surface area contributed by atoms with Gasteiger partial charge < -0.3 is 20.1 Å². The van der Waals surface area contributed by atoms with Crippen LogP contribution < -0.4 is 10.5 Å². The van der Waals surface area contributed by atoms with Crippen molar-refractivity contribution < 1.29 is 14.4 Å². The molecule has 0 fully saturated rings. The molecule has 2 aromatic rings. The maximum absolute atomic E-state index is 10.1. The maximum Gasteiger partial charge on any atom is 0.172 e. The number of rotatable bonds is 2. The molecule has 17 heavy (non-hydrogen) atoms. The van der Waals surface area contributed by atoms with Crippen molar-refractivity contribution in [1.82, 2.24) is 5.16 Å². The van der Waals surface area contributed by atoms with Crippen LogP contribution in [0.5, 0.6) is 11.5 Å². The van der Waals surface area contributed by atoms with Crippen LogP contribution in [-0.2, 0) is 0 Å². The lowest BCUT2D eigenvalue weighted by Crippen LogP contribution is -1.93. The second-order valence-corrected chi connectivity index (χ2v) is 3.86. The quantitative estimate of drug-likeness (QED) is 0.832. The van der Waals surface area contributed by atoms with Crippen molar-refractivity contribution in [3.05, 3.63) is 23.3 Å². The minimum Gasteiger partial charge on any atom is -0.504 e. The summed E-state index contributed by atoms with van der Waals surface area (Å²) in [6, 6.07) is 3.37. The van der Waals surface area contributed by atoms with Gasteiger partial charge in [0.15, 0.2) is 23.1 Å². The highest BCUT2D eigenvalue weighted by Gasteiger charge is 2.17. The lowest BCUT2D eigenvalue weighted by atomic mass is 10.0. The van der Waals surface area contributed by atoms with Gasteiger partial charge in [0.2, 0.25) is 0 Å². The monoisotopic (exact) mass is 234 g/mol. The first kappa shape index (κ1) is 11.3. The lowest BCUT2D eigenvalue weighted by molar-refractivity contribution is 0.369. The van der Waals surface area contributed by atoms with Gasteiger partial charge >= 0.3 is 0 Å². The molecule has 0 atom stereocenters. The van der Waals surface area contributed by atoms with Gasteiger partial charge in [0, 0.05) is 6.07 Å². The maximum atomic E-state index is 10.1. The van der Waals surface area contributed by atoms with E-state index in [2.05, 4.69) is 5.16 Å². The molecule has 0 aliphatic heterocycles. The second-order valence-electron chi connectivity index (χ2n) is 3.86. The zero-order valence-corrected chi connectivity index (χ0v) is 9.94. The number of nitrogens with zero attached hydrogens (tertiary/aromatic N) is 1. The van der Waals surface area contributed by atoms with E-state index in [-0.39, 0.29) is 11.6 Å². The Labute approximate surface area is 98.8 Å². The van der Waals surface area contributed by atoms with E-state index in [0.29, 0.717) is 17.1 Å². The number of aromatic nitrogens is 1. The van der Waals surface area contributed by atoms with E-state index in [9.17, 15) is 5.11 Å². The molecule has 0 spiro atoms. The summed E-state index contributed by atoms with van der Waals surface area (Å²) in [6.07, 6.45) is 0. The molecule has 0 unspecified atom stereocenters. The number of ether oxygens (including phenoxy) is 1. The molecule has 1 aromatic heterocycles. The number of benzene rings is 1. The molecule has 2 rings (SSSR count). The molecule has 3 N–H and O–H groups in total. The molecule has 1 aromatic carbocycles. The number of phenols is 1. The van der Waals surface area contributed by atoms with Gasteiger partial charge in [-0.2, -0.15) is 0 Å². The van der Waals surface area contributed by atoms with Gasteiger partial charge in [-0.05, 0) is 31.0 Å². The topological polar surface area (TPSA) is 81.5 Å². The van der Waals surface area contributed by atoms with Crippen LogP contribution in [0.1, 0.15) is 11.1 Å². The molecule has 0 saturated heterocycles. The number of hydrogen-bond acceptors (Lipinski definition) is 5. The molecule has 5 nitrogen and oxygen atoms in total. The number of methoxy groups -OCH3 is 1. The highest BCUT2D eigenvalue weighted by atomic mass is 16.5. The summed E-state index contributed by atoms with van der Waals surface area (Å²) in [6.45, 7) is 3.81. The molecular weight excluding hydrogens is 220 g/mol. The Morgan fingerprint density at radius 2 is 2.06 bits per heavy atom. The molecule has 0 aliphatic rings. The molecule has 0 radical (unpaired) electrons. The van der Waals surface area contributed by atoms with Gasteiger partial charge in [-0.15, -0.1) is 0 Å². The van der Waals surface area contributed by atoms with Crippen molar-refractivity contribution in [3.63, 3.8) is 0 Å². The Morgan fingerprint density at radius 3 is 2.59 bits per heavy atom. The Bertz CT molecular complexity index is 561. The smallest absolute Gasteiger partial charge is 0.172 e. The van der Waals surface area contributed by atoms with Crippen molar-refractivity contribution in [1.29, 1.82) is 0 Å². The summed E-state index contributed by atoms with van der Waals surface area (Å²) in [5, 5.41) is 13.7. The van der Waals surface area contributed by atoms with E-state index in [4.69, 9.17) is 15.0 Å². The minimum atomic E-state index is 0.0340. The van der Waals surface area contributed by atoms with Crippen molar-refractivity contribution in [2.24, 2.45) is 0 Å². The SMILES string of the molecule is COc1c(C)c(C)cc(-c2cc(N)no2)c1O. The third-order valence-corrected chi connectivity index (χ3v) is 2.76. The first-order chi connectivity index (χ1) is 8.04. The number of nitrogen functional groups attached to an aromatic ring is 1. The zero-order chi connectivity index (χ0) is 12.6. The average molecular weight is 234 g/mol. The number of phenolic OH excluding ortho intramolecular Hbond substituents is 1. The molecule has 1 heterocycles. The molecule has 0 amide bonds. The van der Waals surface area contributed by atoms with Crippen LogP contribution in [0.3, 0.4) is 0 Å². The Hall–Kier alpha value is -2.17. The fourth-order valence-corrected chi connectivity index (χ4v) is 1.73. The van der Waals surface area contributed by atoms with Gasteiger partial charge in [-0.3, -0.25) is 0 Å². The van der Waals surface area contributed by atoms with Crippen LogP contribution in [0.2, 0.25) is 0 Å². The van der Waals surface area contributed by atoms with Crippen LogP contribution >= 0.6 is 0 Å². The lowest BCUT2D eigenvalue weighted by Gasteiger charge is -2.12. The van der Waals surface area contributed by atoms with Crippen molar-refractivity contribution >= 4 is 5.82 Å². The predicted octanol–water partition coefficient (Wildman–Crippen LogP) is 2.25. The third kappa shape index (κ3) is 1.80. The highest BCUT2D eigenvalue weighted by molar-refractivity contribution is 5.73. The first-order valence-corrected chi connectivity index (χ1v) is 5.14.